The van der Waals surface area contributed by atoms with E-state index in [1.807, 2.05) is 16.8 Å². The Morgan fingerprint density at radius 1 is 1.32 bits per heavy atom. The highest BCUT2D eigenvalue weighted by atomic mass is 19.2. The molecule has 0 aromatic heterocycles. The Balaban J connectivity index is 1.95. The van der Waals surface area contributed by atoms with Crippen LogP contribution in [0.5, 0.6) is 5.75 Å². The van der Waals surface area contributed by atoms with Gasteiger partial charge in [-0.05, 0) is 32.0 Å². The van der Waals surface area contributed by atoms with Gasteiger partial charge in [0.05, 0.1) is 7.11 Å². The van der Waals surface area contributed by atoms with E-state index in [0.29, 0.717) is 25.3 Å². The molecule has 0 spiro atoms. The van der Waals surface area contributed by atoms with E-state index in [1.54, 1.807) is 0 Å². The minimum atomic E-state index is -0.879. The summed E-state index contributed by atoms with van der Waals surface area (Å²) >= 11 is 0. The molecule has 2 rings (SSSR count). The monoisotopic (exact) mass is 312 g/mol. The van der Waals surface area contributed by atoms with Crippen molar-refractivity contribution >= 4 is 5.91 Å². The first-order chi connectivity index (χ1) is 10.5. The van der Waals surface area contributed by atoms with Gasteiger partial charge in [-0.15, -0.1) is 0 Å². The third-order valence-corrected chi connectivity index (χ3v) is 3.97. The number of carbonyl (C=O) groups is 1. The molecule has 0 atom stereocenters. The molecule has 6 heteroatoms. The molecule has 1 fully saturated rings. The van der Waals surface area contributed by atoms with E-state index in [1.165, 1.54) is 13.2 Å². The van der Waals surface area contributed by atoms with Crippen LogP contribution in [0.15, 0.2) is 12.1 Å². The van der Waals surface area contributed by atoms with Crippen LogP contribution in [0, 0.1) is 11.6 Å². The SMILES string of the molecule is COc1ccc(F)c(F)c1CN(C)CCN1CCCCC1=O. The van der Waals surface area contributed by atoms with Crippen molar-refractivity contribution in [3.05, 3.63) is 29.3 Å². The van der Waals surface area contributed by atoms with Gasteiger partial charge >= 0.3 is 0 Å². The molecular formula is C16H22F2N2O2. The molecule has 22 heavy (non-hydrogen) atoms. The number of ether oxygens (including phenoxy) is 1. The van der Waals surface area contributed by atoms with Crippen LogP contribution >= 0.6 is 0 Å². The molecule has 1 aliphatic rings. The lowest BCUT2D eigenvalue weighted by molar-refractivity contribution is -0.133. The van der Waals surface area contributed by atoms with Crippen molar-refractivity contribution in [1.29, 1.82) is 0 Å². The fourth-order valence-electron chi connectivity index (χ4n) is 2.65. The maximum Gasteiger partial charge on any atom is 0.222 e. The van der Waals surface area contributed by atoms with E-state index in [-0.39, 0.29) is 18.0 Å². The number of piperidine rings is 1. The van der Waals surface area contributed by atoms with Gasteiger partial charge in [-0.2, -0.15) is 0 Å². The number of hydrogen-bond acceptors (Lipinski definition) is 3. The molecule has 4 nitrogen and oxygen atoms in total. The first-order valence-corrected chi connectivity index (χ1v) is 7.50. The highest BCUT2D eigenvalue weighted by Crippen LogP contribution is 2.24. The summed E-state index contributed by atoms with van der Waals surface area (Å²) in [6.45, 7) is 2.22. The zero-order chi connectivity index (χ0) is 16.1. The number of methoxy groups -OCH3 is 1. The smallest absolute Gasteiger partial charge is 0.222 e. The molecule has 0 N–H and O–H groups in total. The van der Waals surface area contributed by atoms with Crippen LogP contribution < -0.4 is 4.74 Å². The Labute approximate surface area is 129 Å². The van der Waals surface area contributed by atoms with E-state index < -0.39 is 11.6 Å². The Kier molecular flexibility index (Phi) is 5.71. The van der Waals surface area contributed by atoms with Crippen molar-refractivity contribution < 1.29 is 18.3 Å². The lowest BCUT2D eigenvalue weighted by Crippen LogP contribution is -2.40. The molecule has 1 amide bonds. The number of amides is 1. The average molecular weight is 312 g/mol. The molecule has 0 bridgehead atoms. The summed E-state index contributed by atoms with van der Waals surface area (Å²) in [6, 6.07) is 2.49. The third kappa shape index (κ3) is 3.94. The van der Waals surface area contributed by atoms with E-state index in [9.17, 15) is 13.6 Å². The van der Waals surface area contributed by atoms with E-state index in [2.05, 4.69) is 0 Å². The summed E-state index contributed by atoms with van der Waals surface area (Å²) < 4.78 is 32.4. The van der Waals surface area contributed by atoms with Crippen molar-refractivity contribution in [2.75, 3.05) is 33.8 Å². The highest BCUT2D eigenvalue weighted by Gasteiger charge is 2.19. The lowest BCUT2D eigenvalue weighted by Gasteiger charge is -2.29. The number of likely N-dealkylation sites (tertiary alicyclic amines) is 1. The largest absolute Gasteiger partial charge is 0.496 e. The number of hydrogen-bond donors (Lipinski definition) is 0. The first kappa shape index (κ1) is 16.7. The van der Waals surface area contributed by atoms with Gasteiger partial charge < -0.3 is 14.5 Å². The number of rotatable bonds is 6. The Morgan fingerprint density at radius 2 is 2.09 bits per heavy atom. The van der Waals surface area contributed by atoms with Crippen LogP contribution in [0.4, 0.5) is 8.78 Å². The Hall–Kier alpha value is -1.69. The van der Waals surface area contributed by atoms with Gasteiger partial charge in [0, 0.05) is 38.2 Å². The minimum Gasteiger partial charge on any atom is -0.496 e. The number of likely N-dealkylation sites (N-methyl/N-ethyl adjacent to an activating group) is 1. The summed E-state index contributed by atoms with van der Waals surface area (Å²) in [5.74, 6) is -1.25. The van der Waals surface area contributed by atoms with Gasteiger partial charge in [0.1, 0.15) is 5.75 Å². The van der Waals surface area contributed by atoms with E-state index in [4.69, 9.17) is 4.74 Å². The molecule has 0 unspecified atom stereocenters. The van der Waals surface area contributed by atoms with Crippen LogP contribution in [0.2, 0.25) is 0 Å². The van der Waals surface area contributed by atoms with Gasteiger partial charge in [-0.25, -0.2) is 8.78 Å². The molecule has 1 aromatic rings. The fourth-order valence-corrected chi connectivity index (χ4v) is 2.65. The van der Waals surface area contributed by atoms with Crippen LogP contribution in [-0.2, 0) is 11.3 Å². The Bertz CT molecular complexity index is 537. The van der Waals surface area contributed by atoms with Crippen LogP contribution in [0.1, 0.15) is 24.8 Å². The summed E-state index contributed by atoms with van der Waals surface area (Å²) in [5.41, 5.74) is 0.204. The van der Waals surface area contributed by atoms with Gasteiger partial charge in [-0.3, -0.25) is 4.79 Å². The number of benzene rings is 1. The van der Waals surface area contributed by atoms with Crippen LogP contribution in [0.3, 0.4) is 0 Å². The predicted octanol–water partition coefficient (Wildman–Crippen LogP) is 2.42. The fraction of sp³-hybridized carbons (Fsp3) is 0.562. The van der Waals surface area contributed by atoms with E-state index in [0.717, 1.165) is 25.5 Å². The summed E-state index contributed by atoms with van der Waals surface area (Å²) in [5, 5.41) is 0. The second-order valence-electron chi connectivity index (χ2n) is 5.62. The minimum absolute atomic E-state index is 0.175. The van der Waals surface area contributed by atoms with Gasteiger partial charge in [-0.1, -0.05) is 0 Å². The van der Waals surface area contributed by atoms with Gasteiger partial charge in [0.15, 0.2) is 11.6 Å². The topological polar surface area (TPSA) is 32.8 Å². The lowest BCUT2D eigenvalue weighted by atomic mass is 10.1. The summed E-state index contributed by atoms with van der Waals surface area (Å²) in [6.07, 6.45) is 2.59. The normalized spacial score (nSPS) is 15.5. The number of carbonyl (C=O) groups excluding carboxylic acids is 1. The maximum absolute atomic E-state index is 13.9. The standard InChI is InChI=1S/C16H22F2N2O2/c1-19(9-10-20-8-4-3-5-15(20)21)11-12-14(22-2)7-6-13(17)16(12)18/h6-7H,3-5,8-11H2,1-2H3. The van der Waals surface area contributed by atoms with Gasteiger partial charge in [0.2, 0.25) is 5.91 Å². The summed E-state index contributed by atoms with van der Waals surface area (Å²) in [7, 11) is 3.25. The third-order valence-electron chi connectivity index (χ3n) is 3.97. The number of halogens is 2. The molecule has 0 saturated carbocycles. The molecule has 1 saturated heterocycles. The second-order valence-corrected chi connectivity index (χ2v) is 5.62. The molecular weight excluding hydrogens is 290 g/mol. The first-order valence-electron chi connectivity index (χ1n) is 7.50. The van der Waals surface area contributed by atoms with Crippen molar-refractivity contribution in [1.82, 2.24) is 9.80 Å². The van der Waals surface area contributed by atoms with Crippen molar-refractivity contribution in [3.63, 3.8) is 0 Å². The molecule has 122 valence electrons. The van der Waals surface area contributed by atoms with Crippen molar-refractivity contribution in [2.45, 2.75) is 25.8 Å². The molecule has 0 aliphatic carbocycles. The molecule has 1 aromatic carbocycles. The quantitative estimate of drug-likeness (QED) is 0.809. The van der Waals surface area contributed by atoms with Crippen LogP contribution in [-0.4, -0.2) is 49.5 Å². The Morgan fingerprint density at radius 3 is 2.77 bits per heavy atom. The zero-order valence-corrected chi connectivity index (χ0v) is 13.1. The van der Waals surface area contributed by atoms with Gasteiger partial charge in [0.25, 0.3) is 0 Å². The predicted molar refractivity (Wildman–Crippen MR) is 79.7 cm³/mol. The molecule has 1 heterocycles. The molecule has 1 aliphatic heterocycles. The summed E-state index contributed by atoms with van der Waals surface area (Å²) in [4.78, 5) is 15.4. The number of nitrogens with zero attached hydrogens (tertiary/aromatic N) is 2. The van der Waals surface area contributed by atoms with Crippen molar-refractivity contribution in [3.8, 4) is 5.75 Å². The maximum atomic E-state index is 13.9. The van der Waals surface area contributed by atoms with Crippen molar-refractivity contribution in [2.24, 2.45) is 0 Å². The zero-order valence-electron chi connectivity index (χ0n) is 13.1. The average Bonchev–Trinajstić information content (AvgIpc) is 2.51. The molecule has 0 radical (unpaired) electrons. The highest BCUT2D eigenvalue weighted by molar-refractivity contribution is 5.76. The second kappa shape index (κ2) is 7.54. The van der Waals surface area contributed by atoms with Crippen LogP contribution in [0.25, 0.3) is 0 Å². The van der Waals surface area contributed by atoms with E-state index >= 15 is 0 Å².